The van der Waals surface area contributed by atoms with Gasteiger partial charge in [-0.1, -0.05) is 0 Å². The van der Waals surface area contributed by atoms with E-state index in [9.17, 15) is 14.7 Å². The number of hydrogen-bond donors (Lipinski definition) is 1. The van der Waals surface area contributed by atoms with Crippen LogP contribution in [0.2, 0.25) is 0 Å². The van der Waals surface area contributed by atoms with Crippen molar-refractivity contribution in [2.45, 2.75) is 26.7 Å². The van der Waals surface area contributed by atoms with Crippen LogP contribution < -0.4 is 0 Å². The molecular weight excluding hydrogens is 324 g/mol. The molecule has 1 saturated heterocycles. The number of amides is 1. The second kappa shape index (κ2) is 6.44. The zero-order chi connectivity index (χ0) is 18.2. The Labute approximate surface area is 145 Å². The number of carbonyl (C=O) groups excluding carboxylic acids is 1. The third-order valence-electron chi connectivity index (χ3n) is 4.81. The van der Waals surface area contributed by atoms with E-state index in [2.05, 4.69) is 10.1 Å². The highest BCUT2D eigenvalue weighted by atomic mass is 16.5. The summed E-state index contributed by atoms with van der Waals surface area (Å²) in [4.78, 5) is 30.7. The van der Waals surface area contributed by atoms with Gasteiger partial charge in [-0.05, 0) is 26.7 Å². The fraction of sp³-hybridized carbons (Fsp3) is 0.529. The van der Waals surface area contributed by atoms with Gasteiger partial charge in [0, 0.05) is 32.5 Å². The van der Waals surface area contributed by atoms with Crippen molar-refractivity contribution in [1.82, 2.24) is 19.5 Å². The van der Waals surface area contributed by atoms with Crippen molar-refractivity contribution in [1.29, 1.82) is 0 Å². The first-order chi connectivity index (χ1) is 11.9. The Morgan fingerprint density at radius 1 is 1.40 bits per heavy atom. The lowest BCUT2D eigenvalue weighted by molar-refractivity contribution is -0.155. The fourth-order valence-electron chi connectivity index (χ4n) is 3.48. The van der Waals surface area contributed by atoms with Crippen molar-refractivity contribution in [3.8, 4) is 0 Å². The van der Waals surface area contributed by atoms with Crippen LogP contribution in [0.25, 0.3) is 5.65 Å². The third-order valence-corrected chi connectivity index (χ3v) is 4.81. The van der Waals surface area contributed by atoms with Crippen LogP contribution >= 0.6 is 0 Å². The minimum absolute atomic E-state index is 0.0841. The van der Waals surface area contributed by atoms with E-state index in [0.29, 0.717) is 36.3 Å². The van der Waals surface area contributed by atoms with Gasteiger partial charge in [0.15, 0.2) is 5.65 Å². The molecule has 1 atom stereocenters. The number of rotatable bonds is 4. The Kier molecular flexibility index (Phi) is 4.47. The molecule has 1 amide bonds. The molecule has 25 heavy (non-hydrogen) atoms. The molecule has 1 unspecified atom stereocenters. The largest absolute Gasteiger partial charge is 0.481 e. The molecule has 0 aliphatic carbocycles. The van der Waals surface area contributed by atoms with Crippen molar-refractivity contribution in [2.75, 3.05) is 26.8 Å². The van der Waals surface area contributed by atoms with Gasteiger partial charge in [-0.2, -0.15) is 5.10 Å². The first kappa shape index (κ1) is 17.3. The molecule has 1 fully saturated rings. The smallest absolute Gasteiger partial charge is 0.313 e. The van der Waals surface area contributed by atoms with Crippen LogP contribution in [-0.2, 0) is 9.53 Å². The highest BCUT2D eigenvalue weighted by Gasteiger charge is 2.44. The summed E-state index contributed by atoms with van der Waals surface area (Å²) in [7, 11) is 1.48. The number of carboxylic acid groups (broad SMARTS) is 1. The summed E-state index contributed by atoms with van der Waals surface area (Å²) in [5.41, 5.74) is 1.58. The molecule has 0 aromatic carbocycles. The number of ether oxygens (including phenoxy) is 1. The minimum atomic E-state index is -1.06. The normalized spacial score (nSPS) is 20.8. The first-order valence-electron chi connectivity index (χ1n) is 8.21. The number of methoxy groups -OCH3 is 1. The predicted molar refractivity (Wildman–Crippen MR) is 89.5 cm³/mol. The van der Waals surface area contributed by atoms with Gasteiger partial charge in [-0.15, -0.1) is 0 Å². The van der Waals surface area contributed by atoms with Crippen LogP contribution in [0, 0.1) is 19.3 Å². The van der Waals surface area contributed by atoms with E-state index in [-0.39, 0.29) is 19.1 Å². The monoisotopic (exact) mass is 346 g/mol. The average molecular weight is 346 g/mol. The molecule has 3 rings (SSSR count). The Morgan fingerprint density at radius 2 is 2.16 bits per heavy atom. The number of aryl methyl sites for hydroxylation is 2. The third kappa shape index (κ3) is 2.97. The van der Waals surface area contributed by atoms with Crippen LogP contribution in [0.1, 0.15) is 34.6 Å². The topological polar surface area (TPSA) is 97.0 Å². The molecule has 0 bridgehead atoms. The maximum Gasteiger partial charge on any atom is 0.313 e. The lowest BCUT2D eigenvalue weighted by Gasteiger charge is -2.39. The number of aliphatic carboxylic acids is 1. The number of nitrogens with zero attached hydrogens (tertiary/aromatic N) is 4. The van der Waals surface area contributed by atoms with E-state index in [1.165, 1.54) is 7.11 Å². The number of likely N-dealkylation sites (tertiary alicyclic amines) is 1. The molecule has 0 radical (unpaired) electrons. The van der Waals surface area contributed by atoms with Crippen LogP contribution in [0.3, 0.4) is 0 Å². The fourth-order valence-corrected chi connectivity index (χ4v) is 3.48. The molecule has 3 heterocycles. The SMILES string of the molecule is COCC1(C(=O)O)CCCN(C(=O)c2cnc3cc(C)nn3c2C)C1. The van der Waals surface area contributed by atoms with Gasteiger partial charge in [0.1, 0.15) is 5.41 Å². The number of aromatic nitrogens is 3. The summed E-state index contributed by atoms with van der Waals surface area (Å²) in [5, 5.41) is 14.0. The maximum absolute atomic E-state index is 13.0. The van der Waals surface area contributed by atoms with E-state index in [4.69, 9.17) is 4.74 Å². The Hall–Kier alpha value is -2.48. The minimum Gasteiger partial charge on any atom is -0.481 e. The van der Waals surface area contributed by atoms with Crippen molar-refractivity contribution in [2.24, 2.45) is 5.41 Å². The molecular formula is C17H22N4O4. The van der Waals surface area contributed by atoms with E-state index in [0.717, 1.165) is 5.69 Å². The molecule has 0 spiro atoms. The summed E-state index contributed by atoms with van der Waals surface area (Å²) in [6, 6.07) is 1.84. The zero-order valence-electron chi connectivity index (χ0n) is 14.7. The van der Waals surface area contributed by atoms with Crippen molar-refractivity contribution in [3.05, 3.63) is 29.2 Å². The van der Waals surface area contributed by atoms with E-state index >= 15 is 0 Å². The van der Waals surface area contributed by atoms with Crippen LogP contribution in [-0.4, -0.2) is 63.3 Å². The first-order valence-corrected chi connectivity index (χ1v) is 8.21. The lowest BCUT2D eigenvalue weighted by Crippen LogP contribution is -2.52. The van der Waals surface area contributed by atoms with Crippen molar-refractivity contribution in [3.63, 3.8) is 0 Å². The maximum atomic E-state index is 13.0. The van der Waals surface area contributed by atoms with Gasteiger partial charge < -0.3 is 14.7 Å². The number of fused-ring (bicyclic) bond motifs is 1. The number of piperidine rings is 1. The standard InChI is InChI=1S/C17H22N4O4/c1-11-7-14-18-8-13(12(2)21(14)19-11)15(22)20-6-4-5-17(9-20,10-25-3)16(23)24/h7-8H,4-6,9-10H2,1-3H3,(H,23,24). The van der Waals surface area contributed by atoms with E-state index < -0.39 is 11.4 Å². The number of carbonyl (C=O) groups is 2. The molecule has 134 valence electrons. The van der Waals surface area contributed by atoms with Gasteiger partial charge in [0.05, 0.1) is 23.6 Å². The molecule has 0 saturated carbocycles. The lowest BCUT2D eigenvalue weighted by atomic mass is 9.80. The van der Waals surface area contributed by atoms with Crippen molar-refractivity contribution >= 4 is 17.5 Å². The van der Waals surface area contributed by atoms with Crippen LogP contribution in [0.15, 0.2) is 12.3 Å². The summed E-state index contributed by atoms with van der Waals surface area (Å²) < 4.78 is 6.76. The van der Waals surface area contributed by atoms with Gasteiger partial charge in [-0.25, -0.2) is 9.50 Å². The Balaban J connectivity index is 1.92. The molecule has 2 aromatic heterocycles. The number of carboxylic acids is 1. The van der Waals surface area contributed by atoms with Crippen molar-refractivity contribution < 1.29 is 19.4 Å². The van der Waals surface area contributed by atoms with Crippen LogP contribution in [0.4, 0.5) is 0 Å². The van der Waals surface area contributed by atoms with Gasteiger partial charge in [-0.3, -0.25) is 9.59 Å². The molecule has 8 nitrogen and oxygen atoms in total. The molecule has 2 aromatic rings. The van der Waals surface area contributed by atoms with Gasteiger partial charge in [0.25, 0.3) is 5.91 Å². The predicted octanol–water partition coefficient (Wildman–Crippen LogP) is 1.30. The zero-order valence-corrected chi connectivity index (χ0v) is 14.7. The number of hydrogen-bond acceptors (Lipinski definition) is 5. The highest BCUT2D eigenvalue weighted by molar-refractivity contribution is 5.95. The van der Waals surface area contributed by atoms with Gasteiger partial charge in [0.2, 0.25) is 0 Å². The molecule has 1 aliphatic rings. The molecule has 1 N–H and O–H groups in total. The summed E-state index contributed by atoms with van der Waals surface area (Å²) >= 11 is 0. The second-order valence-electron chi connectivity index (χ2n) is 6.66. The Morgan fingerprint density at radius 3 is 2.84 bits per heavy atom. The van der Waals surface area contributed by atoms with Crippen LogP contribution in [0.5, 0.6) is 0 Å². The van der Waals surface area contributed by atoms with E-state index in [1.807, 2.05) is 19.9 Å². The summed E-state index contributed by atoms with van der Waals surface area (Å²) in [6.45, 7) is 4.42. The highest BCUT2D eigenvalue weighted by Crippen LogP contribution is 2.31. The van der Waals surface area contributed by atoms with E-state index in [1.54, 1.807) is 15.6 Å². The summed E-state index contributed by atoms with van der Waals surface area (Å²) in [5.74, 6) is -1.15. The molecule has 8 heteroatoms. The second-order valence-corrected chi connectivity index (χ2v) is 6.66. The molecule has 1 aliphatic heterocycles. The average Bonchev–Trinajstić information content (AvgIpc) is 2.96. The Bertz CT molecular complexity index is 827. The quantitative estimate of drug-likeness (QED) is 0.896. The summed E-state index contributed by atoms with van der Waals surface area (Å²) in [6.07, 6.45) is 2.66. The van der Waals surface area contributed by atoms with Gasteiger partial charge >= 0.3 is 5.97 Å².